The minimum atomic E-state index is 0.0386. The van der Waals surface area contributed by atoms with Gasteiger partial charge in [-0.25, -0.2) is 4.98 Å². The third kappa shape index (κ3) is 3.93. The van der Waals surface area contributed by atoms with E-state index in [1.807, 2.05) is 24.4 Å². The van der Waals surface area contributed by atoms with Crippen molar-refractivity contribution in [2.75, 3.05) is 6.61 Å². The van der Waals surface area contributed by atoms with Gasteiger partial charge in [0.1, 0.15) is 11.1 Å². The second-order valence-electron chi connectivity index (χ2n) is 5.23. The van der Waals surface area contributed by atoms with Crippen molar-refractivity contribution in [1.29, 1.82) is 5.26 Å². The Balaban J connectivity index is 1.97. The number of hydrogen-bond donors (Lipinski definition) is 1. The van der Waals surface area contributed by atoms with Gasteiger partial charge in [0.15, 0.2) is 11.5 Å². The maximum Gasteiger partial charge on any atom is 0.172 e. The molecule has 1 aromatic carbocycles. The number of phenolic OH excluding ortho intramolecular Hbond substituents is 1. The van der Waals surface area contributed by atoms with E-state index in [1.165, 1.54) is 11.3 Å². The van der Waals surface area contributed by atoms with Gasteiger partial charge in [-0.15, -0.1) is 11.3 Å². The summed E-state index contributed by atoms with van der Waals surface area (Å²) in [6.07, 6.45) is 5.14. The number of allylic oxidation sites excluding steroid dienone is 1. The molecule has 0 spiro atoms. The molecule has 5 nitrogen and oxygen atoms in total. The van der Waals surface area contributed by atoms with E-state index < -0.39 is 0 Å². The fourth-order valence-electron chi connectivity index (χ4n) is 2.30. The van der Waals surface area contributed by atoms with E-state index in [2.05, 4.69) is 32.0 Å². The van der Waals surface area contributed by atoms with Crippen LogP contribution in [0.4, 0.5) is 0 Å². The van der Waals surface area contributed by atoms with Gasteiger partial charge in [0.25, 0.3) is 0 Å². The first kappa shape index (κ1) is 18.1. The van der Waals surface area contributed by atoms with Crippen LogP contribution in [0.25, 0.3) is 22.9 Å². The summed E-state index contributed by atoms with van der Waals surface area (Å²) in [4.78, 5) is 8.55. The zero-order chi connectivity index (χ0) is 18.5. The number of hydrogen-bond acceptors (Lipinski definition) is 6. The minimum absolute atomic E-state index is 0.0386. The van der Waals surface area contributed by atoms with E-state index in [4.69, 9.17) is 4.74 Å². The van der Waals surface area contributed by atoms with Crippen LogP contribution in [-0.4, -0.2) is 21.7 Å². The number of nitrogens with zero attached hydrogens (tertiary/aromatic N) is 3. The van der Waals surface area contributed by atoms with Crippen LogP contribution in [-0.2, 0) is 0 Å². The second kappa shape index (κ2) is 8.13. The summed E-state index contributed by atoms with van der Waals surface area (Å²) < 4.78 is 5.93. The summed E-state index contributed by atoms with van der Waals surface area (Å²) in [5, 5.41) is 22.1. The van der Waals surface area contributed by atoms with Gasteiger partial charge in [-0.2, -0.15) is 5.26 Å². The highest BCUT2D eigenvalue weighted by molar-refractivity contribution is 9.10. The molecule has 130 valence electrons. The Kier molecular flexibility index (Phi) is 5.66. The van der Waals surface area contributed by atoms with Crippen LogP contribution < -0.4 is 4.74 Å². The number of thiazole rings is 1. The number of rotatable bonds is 5. The number of ether oxygens (including phenoxy) is 1. The summed E-state index contributed by atoms with van der Waals surface area (Å²) in [6.45, 7) is 2.27. The molecule has 0 aliphatic heterocycles. The topological polar surface area (TPSA) is 79.0 Å². The first-order chi connectivity index (χ1) is 12.6. The number of pyridine rings is 1. The van der Waals surface area contributed by atoms with Gasteiger partial charge in [0.05, 0.1) is 22.3 Å². The number of benzene rings is 1. The number of halogens is 1. The molecule has 0 aliphatic carbocycles. The van der Waals surface area contributed by atoms with E-state index in [0.717, 1.165) is 16.8 Å². The fourth-order valence-corrected chi connectivity index (χ4v) is 3.56. The lowest BCUT2D eigenvalue weighted by Gasteiger charge is -2.08. The average Bonchev–Trinajstić information content (AvgIpc) is 3.14. The normalized spacial score (nSPS) is 11.2. The molecule has 26 heavy (non-hydrogen) atoms. The quantitative estimate of drug-likeness (QED) is 0.570. The summed E-state index contributed by atoms with van der Waals surface area (Å²) in [5.41, 5.74) is 2.92. The molecule has 0 unspecified atom stereocenters. The molecule has 7 heteroatoms. The van der Waals surface area contributed by atoms with Crippen LogP contribution in [0.3, 0.4) is 0 Å². The molecule has 0 atom stereocenters. The Morgan fingerprint density at radius 3 is 2.85 bits per heavy atom. The molecular formula is C19H14BrN3O2S. The maximum atomic E-state index is 10.0. The highest BCUT2D eigenvalue weighted by Gasteiger charge is 2.12. The zero-order valence-corrected chi connectivity index (χ0v) is 16.2. The molecule has 0 saturated heterocycles. The lowest BCUT2D eigenvalue weighted by Crippen LogP contribution is -1.93. The van der Waals surface area contributed by atoms with Gasteiger partial charge >= 0.3 is 0 Å². The van der Waals surface area contributed by atoms with Crippen molar-refractivity contribution in [3.8, 4) is 28.8 Å². The monoisotopic (exact) mass is 427 g/mol. The van der Waals surface area contributed by atoms with Crippen molar-refractivity contribution >= 4 is 38.9 Å². The van der Waals surface area contributed by atoms with Crippen LogP contribution in [0, 0.1) is 11.3 Å². The molecule has 2 heterocycles. The van der Waals surface area contributed by atoms with E-state index in [9.17, 15) is 10.4 Å². The SMILES string of the molecule is CCOc1cc(C=C(C#N)c2nc(-c3ccncc3)cs2)cc(Br)c1O. The van der Waals surface area contributed by atoms with Crippen molar-refractivity contribution in [1.82, 2.24) is 9.97 Å². The Morgan fingerprint density at radius 1 is 1.38 bits per heavy atom. The van der Waals surface area contributed by atoms with Gasteiger partial charge in [0, 0.05) is 23.3 Å². The third-order valence-corrected chi connectivity index (χ3v) is 4.97. The maximum absolute atomic E-state index is 10.0. The lowest BCUT2D eigenvalue weighted by molar-refractivity contribution is 0.317. The summed E-state index contributed by atoms with van der Waals surface area (Å²) in [5.74, 6) is 0.402. The predicted octanol–water partition coefficient (Wildman–Crippen LogP) is 5.14. The molecule has 0 aliphatic rings. The van der Waals surface area contributed by atoms with Gasteiger partial charge in [-0.05, 0) is 58.8 Å². The number of nitriles is 1. The smallest absolute Gasteiger partial charge is 0.172 e. The third-order valence-electron chi connectivity index (χ3n) is 3.49. The Bertz CT molecular complexity index is 994. The number of aromatic nitrogens is 2. The molecular weight excluding hydrogens is 414 g/mol. The van der Waals surface area contributed by atoms with Gasteiger partial charge < -0.3 is 9.84 Å². The fraction of sp³-hybridized carbons (Fsp3) is 0.105. The highest BCUT2D eigenvalue weighted by atomic mass is 79.9. The molecule has 0 radical (unpaired) electrons. The Hall–Kier alpha value is -2.69. The molecule has 1 N–H and O–H groups in total. The molecule has 3 rings (SSSR count). The molecule has 3 aromatic rings. The average molecular weight is 428 g/mol. The largest absolute Gasteiger partial charge is 0.503 e. The standard InChI is InChI=1S/C19H14BrN3O2S/c1-2-25-17-9-12(8-15(20)18(17)24)7-14(10-21)19-23-16(11-26-19)13-3-5-22-6-4-13/h3-9,11,24H,2H2,1H3. The number of phenols is 1. The van der Waals surface area contributed by atoms with Crippen LogP contribution >= 0.6 is 27.3 Å². The van der Waals surface area contributed by atoms with Crippen LogP contribution in [0.15, 0.2) is 46.5 Å². The van der Waals surface area contributed by atoms with Crippen molar-refractivity contribution in [3.63, 3.8) is 0 Å². The van der Waals surface area contributed by atoms with Crippen LogP contribution in [0.5, 0.6) is 11.5 Å². The molecule has 0 fully saturated rings. The first-order valence-electron chi connectivity index (χ1n) is 7.75. The summed E-state index contributed by atoms with van der Waals surface area (Å²) in [6, 6.07) is 9.37. The van der Waals surface area contributed by atoms with Crippen molar-refractivity contribution in [3.05, 3.63) is 57.1 Å². The van der Waals surface area contributed by atoms with Crippen LogP contribution in [0.1, 0.15) is 17.5 Å². The summed E-state index contributed by atoms with van der Waals surface area (Å²) >= 11 is 4.71. The van der Waals surface area contributed by atoms with Crippen molar-refractivity contribution in [2.24, 2.45) is 0 Å². The highest BCUT2D eigenvalue weighted by Crippen LogP contribution is 2.37. The first-order valence-corrected chi connectivity index (χ1v) is 9.43. The molecule has 0 saturated carbocycles. The number of aromatic hydroxyl groups is 1. The van der Waals surface area contributed by atoms with Gasteiger partial charge in [-0.3, -0.25) is 4.98 Å². The lowest BCUT2D eigenvalue weighted by atomic mass is 10.1. The van der Waals surface area contributed by atoms with Crippen molar-refractivity contribution in [2.45, 2.75) is 6.92 Å². The second-order valence-corrected chi connectivity index (χ2v) is 6.94. The molecule has 2 aromatic heterocycles. The minimum Gasteiger partial charge on any atom is -0.503 e. The molecule has 0 amide bonds. The predicted molar refractivity (Wildman–Crippen MR) is 106 cm³/mol. The van der Waals surface area contributed by atoms with E-state index in [1.54, 1.807) is 30.6 Å². The van der Waals surface area contributed by atoms with Gasteiger partial charge in [0.2, 0.25) is 0 Å². The zero-order valence-electron chi connectivity index (χ0n) is 13.8. The Labute approximate surface area is 163 Å². The van der Waals surface area contributed by atoms with Crippen LogP contribution in [0.2, 0.25) is 0 Å². The summed E-state index contributed by atoms with van der Waals surface area (Å²) in [7, 11) is 0. The van der Waals surface area contributed by atoms with E-state index >= 15 is 0 Å². The van der Waals surface area contributed by atoms with Crippen molar-refractivity contribution < 1.29 is 9.84 Å². The van der Waals surface area contributed by atoms with Gasteiger partial charge in [-0.1, -0.05) is 0 Å². The van der Waals surface area contributed by atoms with E-state index in [0.29, 0.717) is 27.4 Å². The van der Waals surface area contributed by atoms with E-state index in [-0.39, 0.29) is 5.75 Å². The Morgan fingerprint density at radius 2 is 2.15 bits per heavy atom. The molecule has 0 bridgehead atoms.